The van der Waals surface area contributed by atoms with Crippen LogP contribution in [0.2, 0.25) is 0 Å². The number of nitrogens with one attached hydrogen (secondary N) is 1. The maximum absolute atomic E-state index is 12.6. The fraction of sp³-hybridized carbons (Fsp3) is 0.955. The average Bonchev–Trinajstić information content (AvgIpc) is 2.74. The van der Waals surface area contributed by atoms with Crippen LogP contribution in [0.3, 0.4) is 0 Å². The van der Waals surface area contributed by atoms with Crippen LogP contribution >= 0.6 is 0 Å². The number of ether oxygens (including phenoxy) is 1. The van der Waals surface area contributed by atoms with Gasteiger partial charge in [0.05, 0.1) is 0 Å². The summed E-state index contributed by atoms with van der Waals surface area (Å²) in [4.78, 5) is 17.5. The number of carbonyl (C=O) groups is 1. The Hall–Kier alpha value is -0.950. The van der Waals surface area contributed by atoms with Crippen molar-refractivity contribution in [3.05, 3.63) is 0 Å². The summed E-state index contributed by atoms with van der Waals surface area (Å²) in [5, 5.41) is 3.15. The van der Waals surface area contributed by atoms with E-state index in [-0.39, 0.29) is 6.03 Å². The second-order valence-corrected chi connectivity index (χ2v) is 9.58. The fourth-order valence-electron chi connectivity index (χ4n) is 6.22. The first-order valence-corrected chi connectivity index (χ1v) is 11.8. The van der Waals surface area contributed by atoms with Crippen LogP contribution in [-0.2, 0) is 4.74 Å². The molecule has 2 saturated heterocycles. The molecule has 4 fully saturated rings. The topological polar surface area (TPSA) is 44.8 Å². The predicted octanol–water partition coefficient (Wildman–Crippen LogP) is 3.88. The van der Waals surface area contributed by atoms with Crippen LogP contribution in [0.4, 0.5) is 13.6 Å². The smallest absolute Gasteiger partial charge is 0.317 e. The largest absolute Gasteiger partial charge is 0.375 e. The number of hydrogen-bond donors (Lipinski definition) is 1. The third kappa shape index (κ3) is 5.22. The molecule has 29 heavy (non-hydrogen) atoms. The summed E-state index contributed by atoms with van der Waals surface area (Å²) in [6.45, 7) is 3.06. The van der Waals surface area contributed by atoms with Crippen molar-refractivity contribution in [3.63, 3.8) is 0 Å². The van der Waals surface area contributed by atoms with E-state index in [0.29, 0.717) is 36.6 Å². The molecule has 0 unspecified atom stereocenters. The number of amides is 2. The summed E-state index contributed by atoms with van der Waals surface area (Å²) in [5.74, 6) is 1.07. The second-order valence-electron chi connectivity index (χ2n) is 9.58. The van der Waals surface area contributed by atoms with Crippen LogP contribution < -0.4 is 5.32 Å². The molecule has 0 bridgehead atoms. The van der Waals surface area contributed by atoms with Crippen LogP contribution in [0.5, 0.6) is 0 Å². The molecule has 7 heteroatoms. The molecule has 0 aromatic heterocycles. The predicted molar refractivity (Wildman–Crippen MR) is 108 cm³/mol. The Bertz CT molecular complexity index is 534. The lowest BCUT2D eigenvalue weighted by atomic mass is 9.80. The lowest BCUT2D eigenvalue weighted by molar-refractivity contribution is -0.00880. The van der Waals surface area contributed by atoms with Crippen molar-refractivity contribution < 1.29 is 18.3 Å². The van der Waals surface area contributed by atoms with E-state index in [2.05, 4.69) is 15.1 Å². The molecule has 2 aliphatic carbocycles. The van der Waals surface area contributed by atoms with Crippen molar-refractivity contribution in [2.45, 2.75) is 88.8 Å². The zero-order chi connectivity index (χ0) is 20.2. The quantitative estimate of drug-likeness (QED) is 0.719. The standard InChI is InChI=1S/C22H37F2N3O2/c23-21(24)15-29-14-16-5-7-18(8-6-16)26-11-9-19(10-12-26)27-20-4-2-1-3-17(20)13-25-22(27)28/h16-21H,1-15H2,(H,25,28)/t16?,17-,18?,20+/m1/s1. The van der Waals surface area contributed by atoms with Gasteiger partial charge in [-0.25, -0.2) is 13.6 Å². The highest BCUT2D eigenvalue weighted by Gasteiger charge is 2.42. The highest BCUT2D eigenvalue weighted by molar-refractivity contribution is 5.76. The zero-order valence-electron chi connectivity index (χ0n) is 17.5. The maximum atomic E-state index is 12.6. The Morgan fingerprint density at radius 2 is 1.69 bits per heavy atom. The van der Waals surface area contributed by atoms with E-state index in [1.54, 1.807) is 0 Å². The van der Waals surface area contributed by atoms with E-state index < -0.39 is 13.0 Å². The van der Waals surface area contributed by atoms with Crippen molar-refractivity contribution in [1.82, 2.24) is 15.1 Å². The zero-order valence-corrected chi connectivity index (χ0v) is 17.5. The average molecular weight is 414 g/mol. The summed E-state index contributed by atoms with van der Waals surface area (Å²) in [7, 11) is 0. The van der Waals surface area contributed by atoms with E-state index in [1.165, 1.54) is 25.7 Å². The number of likely N-dealkylation sites (tertiary alicyclic amines) is 1. The van der Waals surface area contributed by atoms with Crippen LogP contribution in [0.15, 0.2) is 0 Å². The monoisotopic (exact) mass is 413 g/mol. The summed E-state index contributed by atoms with van der Waals surface area (Å²) < 4.78 is 29.6. The van der Waals surface area contributed by atoms with Gasteiger partial charge < -0.3 is 19.9 Å². The van der Waals surface area contributed by atoms with Gasteiger partial charge in [0.15, 0.2) is 0 Å². The lowest BCUT2D eigenvalue weighted by Crippen LogP contribution is -2.63. The molecule has 0 aromatic rings. The molecule has 2 aliphatic heterocycles. The highest BCUT2D eigenvalue weighted by Crippen LogP contribution is 2.35. The number of carbonyl (C=O) groups excluding carboxylic acids is 1. The molecule has 1 N–H and O–H groups in total. The second kappa shape index (κ2) is 9.90. The van der Waals surface area contributed by atoms with Gasteiger partial charge in [-0.1, -0.05) is 12.8 Å². The third-order valence-corrected chi connectivity index (χ3v) is 7.80. The van der Waals surface area contributed by atoms with Crippen LogP contribution in [0.1, 0.15) is 64.2 Å². The number of fused-ring (bicyclic) bond motifs is 1. The number of nitrogens with zero attached hydrogens (tertiary/aromatic N) is 2. The van der Waals surface area contributed by atoms with Gasteiger partial charge in [-0.3, -0.25) is 0 Å². The number of alkyl halides is 2. The Kier molecular flexibility index (Phi) is 7.27. The molecule has 2 saturated carbocycles. The van der Waals surface area contributed by atoms with Gasteiger partial charge in [0.25, 0.3) is 6.43 Å². The lowest BCUT2D eigenvalue weighted by Gasteiger charge is -2.50. The number of urea groups is 1. The normalized spacial score (nSPS) is 34.9. The van der Waals surface area contributed by atoms with Crippen LogP contribution in [0.25, 0.3) is 0 Å². The molecule has 4 rings (SSSR count). The number of hydrogen-bond acceptors (Lipinski definition) is 3. The van der Waals surface area contributed by atoms with Crippen molar-refractivity contribution in [1.29, 1.82) is 0 Å². The van der Waals surface area contributed by atoms with Gasteiger partial charge in [-0.05, 0) is 63.2 Å². The molecule has 2 atom stereocenters. The van der Waals surface area contributed by atoms with E-state index in [1.807, 2.05) is 0 Å². The van der Waals surface area contributed by atoms with E-state index in [4.69, 9.17) is 4.74 Å². The summed E-state index contributed by atoms with van der Waals surface area (Å²) in [5.41, 5.74) is 0. The van der Waals surface area contributed by atoms with Crippen molar-refractivity contribution in [3.8, 4) is 0 Å². The van der Waals surface area contributed by atoms with E-state index in [9.17, 15) is 13.6 Å². The van der Waals surface area contributed by atoms with E-state index >= 15 is 0 Å². The SMILES string of the molecule is O=C1NC[C@H]2CCCC[C@@H]2N1C1CCN(C2CCC(COCC(F)F)CC2)CC1. The molecular formula is C22H37F2N3O2. The highest BCUT2D eigenvalue weighted by atomic mass is 19.3. The van der Waals surface area contributed by atoms with Crippen molar-refractivity contribution >= 4 is 6.03 Å². The molecule has 4 aliphatic rings. The number of piperidine rings is 1. The van der Waals surface area contributed by atoms with Gasteiger partial charge in [0.1, 0.15) is 6.61 Å². The molecule has 0 aromatic carbocycles. The fourth-order valence-corrected chi connectivity index (χ4v) is 6.22. The molecule has 5 nitrogen and oxygen atoms in total. The van der Waals surface area contributed by atoms with Crippen LogP contribution in [-0.4, -0.2) is 73.2 Å². The summed E-state index contributed by atoms with van der Waals surface area (Å²) in [6, 6.07) is 1.62. The minimum absolute atomic E-state index is 0.163. The molecule has 2 amide bonds. The molecule has 0 spiro atoms. The van der Waals surface area contributed by atoms with Gasteiger partial charge in [-0.15, -0.1) is 0 Å². The van der Waals surface area contributed by atoms with E-state index in [0.717, 1.165) is 58.2 Å². The van der Waals surface area contributed by atoms with Crippen molar-refractivity contribution in [2.75, 3.05) is 32.8 Å². The van der Waals surface area contributed by atoms with Crippen LogP contribution in [0, 0.1) is 11.8 Å². The molecule has 2 heterocycles. The minimum atomic E-state index is -2.36. The minimum Gasteiger partial charge on any atom is -0.375 e. The summed E-state index contributed by atoms with van der Waals surface area (Å²) in [6.07, 6.45) is 9.22. The van der Waals surface area contributed by atoms with Crippen molar-refractivity contribution in [2.24, 2.45) is 11.8 Å². The Morgan fingerprint density at radius 3 is 2.41 bits per heavy atom. The number of halogens is 2. The Labute approximate surface area is 173 Å². The Morgan fingerprint density at radius 1 is 0.966 bits per heavy atom. The third-order valence-electron chi connectivity index (χ3n) is 7.80. The maximum Gasteiger partial charge on any atom is 0.317 e. The molecular weight excluding hydrogens is 376 g/mol. The number of rotatable bonds is 6. The Balaban J connectivity index is 1.22. The molecule has 166 valence electrons. The van der Waals surface area contributed by atoms with Gasteiger partial charge in [-0.2, -0.15) is 0 Å². The van der Waals surface area contributed by atoms with Gasteiger partial charge in [0.2, 0.25) is 0 Å². The summed E-state index contributed by atoms with van der Waals surface area (Å²) >= 11 is 0. The first-order valence-electron chi connectivity index (χ1n) is 11.8. The molecule has 0 radical (unpaired) electrons. The van der Waals surface area contributed by atoms with Gasteiger partial charge >= 0.3 is 6.03 Å². The first-order chi connectivity index (χ1) is 14.1. The first kappa shape index (κ1) is 21.3. The van der Waals surface area contributed by atoms with Gasteiger partial charge in [0, 0.05) is 44.4 Å².